The first-order valence-corrected chi connectivity index (χ1v) is 13.3. The van der Waals surface area contributed by atoms with Gasteiger partial charge >= 0.3 is 0 Å². The lowest BCUT2D eigenvalue weighted by molar-refractivity contribution is -0.122. The van der Waals surface area contributed by atoms with Crippen LogP contribution in [0, 0.1) is 0 Å². The van der Waals surface area contributed by atoms with Gasteiger partial charge < -0.3 is 29.0 Å². The molecule has 202 valence electrons. The molecule has 0 radical (unpaired) electrons. The molecule has 1 fully saturated rings. The number of aromatic amines is 1. The molecule has 0 bridgehead atoms. The molecule has 1 unspecified atom stereocenters. The lowest BCUT2D eigenvalue weighted by atomic mass is 9.95. The number of carbonyl (C=O) groups is 2. The largest absolute Gasteiger partial charge is 0.493 e. The third-order valence-electron chi connectivity index (χ3n) is 7.77. The van der Waals surface area contributed by atoms with Gasteiger partial charge in [-0.3, -0.25) is 14.9 Å². The second-order valence-electron chi connectivity index (χ2n) is 10.2. The Balaban J connectivity index is 1.51. The number of hydrogen-bond donors (Lipinski definition) is 3. The number of likely N-dealkylation sites (tertiary alicyclic amines) is 1. The molecule has 9 heteroatoms. The molecule has 4 heterocycles. The number of rotatable bonds is 8. The molecule has 0 spiro atoms. The van der Waals surface area contributed by atoms with Gasteiger partial charge in [0, 0.05) is 59.0 Å². The minimum absolute atomic E-state index is 0.297. The van der Waals surface area contributed by atoms with Crippen LogP contribution < -0.4 is 14.8 Å². The Morgan fingerprint density at radius 2 is 1.59 bits per heavy atom. The Morgan fingerprint density at radius 3 is 2.33 bits per heavy atom. The Bertz CT molecular complexity index is 1610. The van der Waals surface area contributed by atoms with Gasteiger partial charge in [-0.05, 0) is 38.1 Å². The highest BCUT2D eigenvalue weighted by atomic mass is 16.5. The number of H-pyrrole nitrogens is 1. The van der Waals surface area contributed by atoms with E-state index < -0.39 is 17.9 Å². The number of piperidine rings is 1. The van der Waals surface area contributed by atoms with Crippen molar-refractivity contribution in [1.29, 1.82) is 0 Å². The van der Waals surface area contributed by atoms with Gasteiger partial charge in [0.15, 0.2) is 11.5 Å². The molecule has 2 aliphatic rings. The normalized spacial score (nSPS) is 17.3. The van der Waals surface area contributed by atoms with Crippen molar-refractivity contribution in [3.05, 3.63) is 59.9 Å². The van der Waals surface area contributed by atoms with Crippen LogP contribution in [0.1, 0.15) is 30.4 Å². The molecule has 0 aliphatic carbocycles. The number of hydrogen-bond acceptors (Lipinski definition) is 6. The zero-order valence-electron chi connectivity index (χ0n) is 22.1. The van der Waals surface area contributed by atoms with Gasteiger partial charge in [-0.15, -0.1) is 0 Å². The fourth-order valence-corrected chi connectivity index (χ4v) is 5.94. The monoisotopic (exact) mass is 528 g/mol. The zero-order chi connectivity index (χ0) is 27.1. The van der Waals surface area contributed by atoms with Crippen molar-refractivity contribution < 1.29 is 24.2 Å². The molecule has 39 heavy (non-hydrogen) atoms. The fourth-order valence-electron chi connectivity index (χ4n) is 5.94. The first-order chi connectivity index (χ1) is 19.0. The predicted octanol–water partition coefficient (Wildman–Crippen LogP) is 3.55. The molecule has 1 saturated heterocycles. The maximum atomic E-state index is 13.3. The fraction of sp³-hybridized carbons (Fsp3) is 0.333. The number of imide groups is 1. The van der Waals surface area contributed by atoms with E-state index in [2.05, 4.69) is 15.2 Å². The van der Waals surface area contributed by atoms with Crippen molar-refractivity contribution in [2.45, 2.75) is 31.9 Å². The van der Waals surface area contributed by atoms with E-state index in [1.807, 2.05) is 47.2 Å². The van der Waals surface area contributed by atoms with E-state index in [4.69, 9.17) is 9.47 Å². The lowest BCUT2D eigenvalue weighted by Crippen LogP contribution is -2.37. The highest BCUT2D eigenvalue weighted by molar-refractivity contribution is 6.50. The zero-order valence-corrected chi connectivity index (χ0v) is 22.1. The summed E-state index contributed by atoms with van der Waals surface area (Å²) in [7, 11) is 3.13. The second kappa shape index (κ2) is 10.2. The van der Waals surface area contributed by atoms with Gasteiger partial charge in [0.1, 0.15) is 0 Å². The summed E-state index contributed by atoms with van der Waals surface area (Å²) in [5.41, 5.74) is 3.53. The summed E-state index contributed by atoms with van der Waals surface area (Å²) in [6.07, 6.45) is 6.53. The number of carbonyl (C=O) groups excluding carboxylic acids is 2. The topological polar surface area (TPSA) is 109 Å². The molecule has 2 aromatic heterocycles. The highest BCUT2D eigenvalue weighted by Gasteiger charge is 2.35. The number of aliphatic hydroxyl groups is 1. The van der Waals surface area contributed by atoms with E-state index >= 15 is 0 Å². The van der Waals surface area contributed by atoms with Crippen LogP contribution in [0.2, 0.25) is 0 Å². The summed E-state index contributed by atoms with van der Waals surface area (Å²) < 4.78 is 13.1. The van der Waals surface area contributed by atoms with Crippen molar-refractivity contribution in [3.8, 4) is 11.5 Å². The molecule has 6 rings (SSSR count). The number of nitrogens with zero attached hydrogens (tertiary/aromatic N) is 2. The summed E-state index contributed by atoms with van der Waals surface area (Å²) in [6.45, 7) is 2.88. The number of para-hydroxylation sites is 1. The highest BCUT2D eigenvalue weighted by Crippen LogP contribution is 2.41. The number of aliphatic hydroxyl groups excluding tert-OH is 1. The van der Waals surface area contributed by atoms with Crippen LogP contribution in [0.15, 0.2) is 48.8 Å². The number of fused-ring (bicyclic) bond motifs is 2. The smallest absolute Gasteiger partial charge is 0.259 e. The van der Waals surface area contributed by atoms with Crippen LogP contribution in [-0.4, -0.2) is 71.3 Å². The Hall–Kier alpha value is -4.08. The maximum absolute atomic E-state index is 13.3. The van der Waals surface area contributed by atoms with Crippen molar-refractivity contribution in [1.82, 2.24) is 19.8 Å². The van der Waals surface area contributed by atoms with Crippen LogP contribution in [-0.2, 0) is 16.1 Å². The van der Waals surface area contributed by atoms with Gasteiger partial charge in [-0.25, -0.2) is 0 Å². The number of amides is 2. The van der Waals surface area contributed by atoms with Crippen molar-refractivity contribution in [2.75, 3.05) is 33.9 Å². The molecule has 4 aromatic rings. The van der Waals surface area contributed by atoms with Crippen molar-refractivity contribution in [3.63, 3.8) is 0 Å². The quantitative estimate of drug-likeness (QED) is 0.302. The Kier molecular flexibility index (Phi) is 6.62. The van der Waals surface area contributed by atoms with E-state index in [1.165, 1.54) is 6.42 Å². The number of nitrogens with one attached hydrogen (secondary N) is 2. The van der Waals surface area contributed by atoms with Gasteiger partial charge in [0.25, 0.3) is 11.8 Å². The van der Waals surface area contributed by atoms with E-state index in [1.54, 1.807) is 20.4 Å². The van der Waals surface area contributed by atoms with Gasteiger partial charge in [0.05, 0.1) is 37.0 Å². The van der Waals surface area contributed by atoms with Crippen LogP contribution in [0.4, 0.5) is 0 Å². The molecule has 3 N–H and O–H groups in total. The average molecular weight is 529 g/mol. The number of methoxy groups -OCH3 is 2. The summed E-state index contributed by atoms with van der Waals surface area (Å²) in [5, 5.41) is 15.2. The number of benzene rings is 2. The molecular formula is C30H32N4O5. The Morgan fingerprint density at radius 1 is 0.897 bits per heavy atom. The van der Waals surface area contributed by atoms with Crippen LogP contribution in [0.25, 0.3) is 33.0 Å². The third-order valence-corrected chi connectivity index (χ3v) is 7.77. The first-order valence-electron chi connectivity index (χ1n) is 13.3. The molecule has 2 aliphatic heterocycles. The van der Waals surface area contributed by atoms with Crippen LogP contribution in [0.5, 0.6) is 11.5 Å². The van der Waals surface area contributed by atoms with Gasteiger partial charge in [0.2, 0.25) is 0 Å². The molecule has 1 atom stereocenters. The molecule has 2 aromatic carbocycles. The van der Waals surface area contributed by atoms with Crippen LogP contribution in [0.3, 0.4) is 0 Å². The standard InChI is InChI=1S/C30H32N4O5/c1-38-25-12-20-22(28-27(29(36)32-30(28)37)21-14-31-23-9-5-4-8-19(21)23)17-34(24(20)13-26(25)39-2)16-18(35)15-33-10-6-3-7-11-33/h4-5,8-9,12-14,17-18,31,35H,3,6-7,10-11,15-16H2,1-2H3,(H,32,36,37). The number of β-amino-alcohol motifs (C(OH)–C–C–N with tert-alkyl or cyclic N) is 1. The van der Waals surface area contributed by atoms with Crippen molar-refractivity contribution in [2.24, 2.45) is 0 Å². The van der Waals surface area contributed by atoms with Crippen LogP contribution >= 0.6 is 0 Å². The van der Waals surface area contributed by atoms with E-state index in [-0.39, 0.29) is 0 Å². The second-order valence-corrected chi connectivity index (χ2v) is 10.2. The SMILES string of the molecule is COc1cc2c(C3=C(c4c[nH]c5ccccc45)C(=O)NC3=O)cn(CC(O)CN3CCCCC3)c2cc1OC. The van der Waals surface area contributed by atoms with Gasteiger partial charge in [-0.2, -0.15) is 0 Å². The van der Waals surface area contributed by atoms with Crippen molar-refractivity contribution >= 4 is 44.8 Å². The minimum Gasteiger partial charge on any atom is -0.493 e. The van der Waals surface area contributed by atoms with Gasteiger partial charge in [-0.1, -0.05) is 24.6 Å². The summed E-state index contributed by atoms with van der Waals surface area (Å²) in [6, 6.07) is 11.4. The molecule has 0 saturated carbocycles. The summed E-state index contributed by atoms with van der Waals surface area (Å²) in [4.78, 5) is 32.0. The number of aromatic nitrogens is 2. The number of ether oxygens (including phenoxy) is 2. The third kappa shape index (κ3) is 4.47. The van der Waals surface area contributed by atoms with E-state index in [9.17, 15) is 14.7 Å². The molecule has 2 amide bonds. The Labute approximate surface area is 226 Å². The lowest BCUT2D eigenvalue weighted by Gasteiger charge is -2.28. The molecular weight excluding hydrogens is 496 g/mol. The first kappa shape index (κ1) is 25.2. The molecule has 9 nitrogen and oxygen atoms in total. The summed E-state index contributed by atoms with van der Waals surface area (Å²) in [5.74, 6) is 0.158. The van der Waals surface area contributed by atoms with E-state index in [0.29, 0.717) is 46.9 Å². The summed E-state index contributed by atoms with van der Waals surface area (Å²) >= 11 is 0. The van der Waals surface area contributed by atoms with E-state index in [0.717, 1.165) is 47.7 Å². The predicted molar refractivity (Wildman–Crippen MR) is 150 cm³/mol. The average Bonchev–Trinajstić information content (AvgIpc) is 3.60. The minimum atomic E-state index is -0.610. The maximum Gasteiger partial charge on any atom is 0.259 e.